The van der Waals surface area contributed by atoms with Crippen molar-refractivity contribution >= 4 is 11.8 Å². The van der Waals surface area contributed by atoms with Gasteiger partial charge in [0, 0.05) is 5.75 Å². The van der Waals surface area contributed by atoms with Crippen molar-refractivity contribution in [1.82, 2.24) is 9.97 Å². The molecule has 0 amide bonds. The highest BCUT2D eigenvalue weighted by atomic mass is 32.2. The third-order valence-electron chi connectivity index (χ3n) is 1.49. The van der Waals surface area contributed by atoms with Crippen molar-refractivity contribution in [3.63, 3.8) is 0 Å². The van der Waals surface area contributed by atoms with Crippen molar-refractivity contribution in [3.05, 3.63) is 17.8 Å². The van der Waals surface area contributed by atoms with Crippen LogP contribution in [0.2, 0.25) is 0 Å². The molecule has 0 aromatic carbocycles. The molecule has 0 bridgehead atoms. The number of rotatable bonds is 3. The van der Waals surface area contributed by atoms with Crippen LogP contribution in [-0.2, 0) is 0 Å². The first-order chi connectivity index (χ1) is 6.11. The summed E-state index contributed by atoms with van der Waals surface area (Å²) < 4.78 is 13.3. The predicted octanol–water partition coefficient (Wildman–Crippen LogP) is 2.67. The van der Waals surface area contributed by atoms with Crippen molar-refractivity contribution in [1.29, 1.82) is 0 Å². The summed E-state index contributed by atoms with van der Waals surface area (Å²) in [5, 5.41) is 0.459. The Morgan fingerprint density at radius 3 is 2.77 bits per heavy atom. The monoisotopic (exact) mass is 200 g/mol. The summed E-state index contributed by atoms with van der Waals surface area (Å²) in [6.45, 7) is 5.84. The number of thioether (sulfide) groups is 1. The van der Waals surface area contributed by atoms with Gasteiger partial charge in [0.05, 0.1) is 5.69 Å². The Morgan fingerprint density at radius 2 is 2.15 bits per heavy atom. The molecule has 1 aromatic rings. The van der Waals surface area contributed by atoms with Gasteiger partial charge in [0.25, 0.3) is 0 Å². The van der Waals surface area contributed by atoms with E-state index < -0.39 is 0 Å². The average Bonchev–Trinajstić information content (AvgIpc) is 2.07. The van der Waals surface area contributed by atoms with E-state index in [0.29, 0.717) is 16.6 Å². The lowest BCUT2D eigenvalue weighted by molar-refractivity contribution is 0.566. The summed E-state index contributed by atoms with van der Waals surface area (Å²) in [6.07, 6.45) is 1.40. The van der Waals surface area contributed by atoms with Gasteiger partial charge in [0.2, 0.25) is 0 Å². The lowest BCUT2D eigenvalue weighted by Crippen LogP contribution is -1.97. The molecule has 2 nitrogen and oxygen atoms in total. The van der Waals surface area contributed by atoms with Gasteiger partial charge in [-0.2, -0.15) is 0 Å². The molecule has 0 saturated carbocycles. The highest BCUT2D eigenvalue weighted by molar-refractivity contribution is 7.99. The minimum atomic E-state index is -0.284. The number of aromatic nitrogens is 2. The number of hydrogen-bond acceptors (Lipinski definition) is 3. The number of hydrogen-bond donors (Lipinski definition) is 0. The van der Waals surface area contributed by atoms with Gasteiger partial charge in [0.1, 0.15) is 11.4 Å². The van der Waals surface area contributed by atoms with E-state index >= 15 is 0 Å². The zero-order chi connectivity index (χ0) is 9.84. The zero-order valence-corrected chi connectivity index (χ0v) is 8.86. The molecule has 0 aliphatic heterocycles. The minimum Gasteiger partial charge on any atom is -0.239 e. The molecular formula is C9H13FN2S. The van der Waals surface area contributed by atoms with Gasteiger partial charge in [0.15, 0.2) is 5.82 Å². The number of aryl methyl sites for hydroxylation is 1. The van der Waals surface area contributed by atoms with Crippen LogP contribution in [0.1, 0.15) is 19.5 Å². The maximum Gasteiger partial charge on any atom is 0.176 e. The molecule has 0 saturated heterocycles. The van der Waals surface area contributed by atoms with Crippen LogP contribution < -0.4 is 0 Å². The summed E-state index contributed by atoms with van der Waals surface area (Å²) in [4.78, 5) is 7.65. The minimum absolute atomic E-state index is 0.284. The van der Waals surface area contributed by atoms with Crippen LogP contribution in [0.3, 0.4) is 0 Å². The lowest BCUT2D eigenvalue weighted by atomic mass is 10.3. The van der Waals surface area contributed by atoms with E-state index in [4.69, 9.17) is 0 Å². The molecule has 72 valence electrons. The molecule has 1 aromatic heterocycles. The molecule has 0 fully saturated rings. The second kappa shape index (κ2) is 4.56. The fraction of sp³-hybridized carbons (Fsp3) is 0.556. The van der Waals surface area contributed by atoms with Gasteiger partial charge in [-0.3, -0.25) is 0 Å². The van der Waals surface area contributed by atoms with E-state index in [0.717, 1.165) is 5.75 Å². The Hall–Kier alpha value is -0.640. The van der Waals surface area contributed by atoms with E-state index in [1.54, 1.807) is 6.92 Å². The van der Waals surface area contributed by atoms with Gasteiger partial charge in [-0.1, -0.05) is 13.8 Å². The molecule has 0 aliphatic carbocycles. The topological polar surface area (TPSA) is 25.8 Å². The Morgan fingerprint density at radius 1 is 1.46 bits per heavy atom. The van der Waals surface area contributed by atoms with Crippen molar-refractivity contribution in [2.45, 2.75) is 25.8 Å². The maximum absolute atomic E-state index is 13.3. The van der Waals surface area contributed by atoms with Crippen LogP contribution in [0.25, 0.3) is 0 Å². The van der Waals surface area contributed by atoms with Gasteiger partial charge in [-0.25, -0.2) is 14.4 Å². The summed E-state index contributed by atoms with van der Waals surface area (Å²) in [5.74, 6) is 1.14. The SMILES string of the molecule is Cc1ncnc(SCC(C)C)c1F. The van der Waals surface area contributed by atoms with E-state index in [1.165, 1.54) is 18.1 Å². The van der Waals surface area contributed by atoms with Crippen molar-refractivity contribution in [3.8, 4) is 0 Å². The zero-order valence-electron chi connectivity index (χ0n) is 8.04. The quantitative estimate of drug-likeness (QED) is 0.554. The Labute approximate surface area is 82.0 Å². The normalized spacial score (nSPS) is 10.8. The van der Waals surface area contributed by atoms with Gasteiger partial charge >= 0.3 is 0 Å². The fourth-order valence-electron chi connectivity index (χ4n) is 0.782. The number of halogens is 1. The third-order valence-corrected chi connectivity index (χ3v) is 2.88. The Bertz CT molecular complexity index is 289. The third kappa shape index (κ3) is 2.95. The maximum atomic E-state index is 13.3. The van der Waals surface area contributed by atoms with E-state index in [9.17, 15) is 4.39 Å². The molecule has 0 radical (unpaired) electrons. The van der Waals surface area contributed by atoms with Crippen LogP contribution in [0.15, 0.2) is 11.4 Å². The Kier molecular flexibility index (Phi) is 3.66. The molecule has 13 heavy (non-hydrogen) atoms. The molecule has 0 unspecified atom stereocenters. The standard InChI is InChI=1S/C9H13FN2S/c1-6(2)4-13-9-8(10)7(3)11-5-12-9/h5-6H,4H2,1-3H3. The van der Waals surface area contributed by atoms with Crippen LogP contribution in [0.4, 0.5) is 4.39 Å². The summed E-state index contributed by atoms with van der Waals surface area (Å²) in [7, 11) is 0. The van der Waals surface area contributed by atoms with Crippen molar-refractivity contribution in [2.24, 2.45) is 5.92 Å². The van der Waals surface area contributed by atoms with E-state index in [1.807, 2.05) is 0 Å². The van der Waals surface area contributed by atoms with Gasteiger partial charge < -0.3 is 0 Å². The first-order valence-corrected chi connectivity index (χ1v) is 5.19. The lowest BCUT2D eigenvalue weighted by Gasteiger charge is -2.05. The van der Waals surface area contributed by atoms with Gasteiger partial charge in [-0.05, 0) is 12.8 Å². The fourth-order valence-corrected chi connectivity index (χ4v) is 1.67. The molecule has 0 N–H and O–H groups in total. The highest BCUT2D eigenvalue weighted by Gasteiger charge is 2.08. The van der Waals surface area contributed by atoms with Crippen molar-refractivity contribution < 1.29 is 4.39 Å². The van der Waals surface area contributed by atoms with Crippen molar-refractivity contribution in [2.75, 3.05) is 5.75 Å². The molecule has 0 spiro atoms. The molecule has 0 aliphatic rings. The van der Waals surface area contributed by atoms with E-state index in [-0.39, 0.29) is 5.82 Å². The number of nitrogens with zero attached hydrogens (tertiary/aromatic N) is 2. The van der Waals surface area contributed by atoms with Crippen LogP contribution in [-0.4, -0.2) is 15.7 Å². The van der Waals surface area contributed by atoms with Crippen LogP contribution in [0.5, 0.6) is 0 Å². The molecule has 0 atom stereocenters. The van der Waals surface area contributed by atoms with Gasteiger partial charge in [-0.15, -0.1) is 11.8 Å². The average molecular weight is 200 g/mol. The second-order valence-corrected chi connectivity index (χ2v) is 4.29. The van der Waals surface area contributed by atoms with Crippen LogP contribution >= 0.6 is 11.8 Å². The summed E-state index contributed by atoms with van der Waals surface area (Å²) in [6, 6.07) is 0. The molecule has 1 heterocycles. The summed E-state index contributed by atoms with van der Waals surface area (Å²) in [5.41, 5.74) is 0.418. The highest BCUT2D eigenvalue weighted by Crippen LogP contribution is 2.21. The second-order valence-electron chi connectivity index (χ2n) is 3.28. The molecule has 4 heteroatoms. The van der Waals surface area contributed by atoms with E-state index in [2.05, 4.69) is 23.8 Å². The smallest absolute Gasteiger partial charge is 0.176 e. The molecule has 1 rings (SSSR count). The predicted molar refractivity (Wildman–Crippen MR) is 52.3 cm³/mol. The Balaban J connectivity index is 2.71. The summed E-state index contributed by atoms with van der Waals surface area (Å²) >= 11 is 1.44. The molecular weight excluding hydrogens is 187 g/mol. The first-order valence-electron chi connectivity index (χ1n) is 4.21. The van der Waals surface area contributed by atoms with Crippen LogP contribution in [0, 0.1) is 18.7 Å². The largest absolute Gasteiger partial charge is 0.239 e. The first kappa shape index (κ1) is 10.4.